The van der Waals surface area contributed by atoms with Gasteiger partial charge in [-0.3, -0.25) is 4.79 Å². The zero-order chi connectivity index (χ0) is 11.7. The van der Waals surface area contributed by atoms with Crippen molar-refractivity contribution in [1.82, 2.24) is 4.90 Å². The summed E-state index contributed by atoms with van der Waals surface area (Å²) >= 11 is 9.39. The largest absolute Gasteiger partial charge is 0.452 e. The number of alkyl halides is 1. The van der Waals surface area contributed by atoms with E-state index in [0.29, 0.717) is 16.3 Å². The van der Waals surface area contributed by atoms with Crippen molar-refractivity contribution in [3.8, 4) is 0 Å². The number of rotatable bonds is 1. The van der Waals surface area contributed by atoms with Crippen molar-refractivity contribution in [2.24, 2.45) is 5.92 Å². The molecule has 0 spiro atoms. The minimum absolute atomic E-state index is 0.0462. The van der Waals surface area contributed by atoms with Crippen LogP contribution in [0.2, 0.25) is 5.22 Å². The lowest BCUT2D eigenvalue weighted by molar-refractivity contribution is 0.0705. The molecular formula is C11H13BrClNO2. The molecule has 1 aliphatic heterocycles. The normalized spacial score (nSPS) is 25.8. The number of piperidine rings is 1. The van der Waals surface area contributed by atoms with Crippen molar-refractivity contribution in [1.29, 1.82) is 0 Å². The van der Waals surface area contributed by atoms with Gasteiger partial charge in [0.15, 0.2) is 0 Å². The molecule has 1 aromatic rings. The highest BCUT2D eigenvalue weighted by Gasteiger charge is 2.29. The summed E-state index contributed by atoms with van der Waals surface area (Å²) in [6.07, 6.45) is 2.45. The van der Waals surface area contributed by atoms with Gasteiger partial charge in [-0.05, 0) is 30.0 Å². The molecule has 0 bridgehead atoms. The second kappa shape index (κ2) is 4.80. The molecule has 2 atom stereocenters. The third-order valence-corrected chi connectivity index (χ3v) is 4.49. The van der Waals surface area contributed by atoms with Gasteiger partial charge in [0, 0.05) is 17.9 Å². The highest BCUT2D eigenvalue weighted by Crippen LogP contribution is 2.26. The van der Waals surface area contributed by atoms with Crippen molar-refractivity contribution in [2.75, 3.05) is 13.1 Å². The number of hydrogen-bond donors (Lipinski definition) is 0. The molecule has 0 radical (unpaired) electrons. The zero-order valence-corrected chi connectivity index (χ0v) is 11.3. The van der Waals surface area contributed by atoms with Gasteiger partial charge in [-0.15, -0.1) is 0 Å². The number of amides is 1. The maximum Gasteiger partial charge on any atom is 0.258 e. The molecule has 0 aromatic carbocycles. The van der Waals surface area contributed by atoms with Crippen LogP contribution in [0.1, 0.15) is 23.7 Å². The van der Waals surface area contributed by atoms with E-state index in [1.54, 1.807) is 6.07 Å². The van der Waals surface area contributed by atoms with Crippen LogP contribution in [0.25, 0.3) is 0 Å². The molecule has 1 aromatic heterocycles. The fourth-order valence-corrected chi connectivity index (χ4v) is 2.63. The first-order chi connectivity index (χ1) is 7.59. The summed E-state index contributed by atoms with van der Waals surface area (Å²) in [7, 11) is 0. The van der Waals surface area contributed by atoms with Crippen LogP contribution in [0.15, 0.2) is 16.7 Å². The Hall–Kier alpha value is -0.480. The van der Waals surface area contributed by atoms with Gasteiger partial charge in [0.1, 0.15) is 0 Å². The standard InChI is InChI=1S/C11H13BrClNO2/c1-7-2-4-14(6-9(7)12)11(15)8-3-5-16-10(8)13/h3,5,7,9H,2,4,6H2,1H3. The Balaban J connectivity index is 2.09. The number of carbonyl (C=O) groups excluding carboxylic acids is 1. The van der Waals surface area contributed by atoms with E-state index in [4.69, 9.17) is 16.0 Å². The number of hydrogen-bond acceptors (Lipinski definition) is 2. The van der Waals surface area contributed by atoms with Crippen molar-refractivity contribution in [3.63, 3.8) is 0 Å². The van der Waals surface area contributed by atoms with Gasteiger partial charge >= 0.3 is 0 Å². The Kier molecular flexibility index (Phi) is 3.60. The molecule has 3 nitrogen and oxygen atoms in total. The van der Waals surface area contributed by atoms with Crippen molar-refractivity contribution < 1.29 is 9.21 Å². The summed E-state index contributed by atoms with van der Waals surface area (Å²) in [4.78, 5) is 14.3. The molecule has 2 rings (SSSR count). The van der Waals surface area contributed by atoms with Crippen LogP contribution in [0.5, 0.6) is 0 Å². The lowest BCUT2D eigenvalue weighted by Crippen LogP contribution is -2.43. The summed E-state index contributed by atoms with van der Waals surface area (Å²) < 4.78 is 4.93. The molecule has 1 aliphatic rings. The molecule has 2 unspecified atom stereocenters. The van der Waals surface area contributed by atoms with E-state index in [2.05, 4.69) is 22.9 Å². The second-order valence-corrected chi connectivity index (χ2v) is 5.66. The smallest absolute Gasteiger partial charge is 0.258 e. The zero-order valence-electron chi connectivity index (χ0n) is 8.95. The predicted molar refractivity (Wildman–Crippen MR) is 66.1 cm³/mol. The van der Waals surface area contributed by atoms with E-state index in [-0.39, 0.29) is 11.1 Å². The molecule has 1 fully saturated rings. The quantitative estimate of drug-likeness (QED) is 0.747. The minimum Gasteiger partial charge on any atom is -0.452 e. The molecule has 0 saturated carbocycles. The third kappa shape index (κ3) is 2.28. The maximum atomic E-state index is 12.1. The first-order valence-corrected chi connectivity index (χ1v) is 6.55. The average Bonchev–Trinajstić information content (AvgIpc) is 2.67. The van der Waals surface area contributed by atoms with Crippen molar-refractivity contribution >= 4 is 33.4 Å². The monoisotopic (exact) mass is 305 g/mol. The van der Waals surface area contributed by atoms with Gasteiger partial charge in [-0.2, -0.15) is 0 Å². The Bertz CT molecular complexity index is 393. The van der Waals surface area contributed by atoms with Gasteiger partial charge in [0.05, 0.1) is 11.8 Å². The molecule has 1 saturated heterocycles. The first kappa shape index (κ1) is 12.0. The maximum absolute atomic E-state index is 12.1. The van der Waals surface area contributed by atoms with Crippen LogP contribution in [0, 0.1) is 5.92 Å². The molecule has 88 valence electrons. The predicted octanol–water partition coefficient (Wildman–Crippen LogP) is 3.18. The van der Waals surface area contributed by atoms with Crippen LogP contribution in [0.4, 0.5) is 0 Å². The lowest BCUT2D eigenvalue weighted by Gasteiger charge is -2.34. The van der Waals surface area contributed by atoms with Crippen LogP contribution in [0.3, 0.4) is 0 Å². The first-order valence-electron chi connectivity index (χ1n) is 5.26. The van der Waals surface area contributed by atoms with E-state index in [0.717, 1.165) is 19.5 Å². The van der Waals surface area contributed by atoms with E-state index < -0.39 is 0 Å². The molecule has 1 amide bonds. The van der Waals surface area contributed by atoms with Gasteiger partial charge < -0.3 is 9.32 Å². The minimum atomic E-state index is -0.0462. The van der Waals surface area contributed by atoms with E-state index in [1.165, 1.54) is 6.26 Å². The fourth-order valence-electron chi connectivity index (χ4n) is 1.82. The topological polar surface area (TPSA) is 33.5 Å². The van der Waals surface area contributed by atoms with Crippen molar-refractivity contribution in [2.45, 2.75) is 18.2 Å². The van der Waals surface area contributed by atoms with Crippen LogP contribution >= 0.6 is 27.5 Å². The molecule has 0 aliphatic carbocycles. The number of nitrogens with zero attached hydrogens (tertiary/aromatic N) is 1. The van der Waals surface area contributed by atoms with Crippen LogP contribution < -0.4 is 0 Å². The highest BCUT2D eigenvalue weighted by atomic mass is 79.9. The summed E-state index contributed by atoms with van der Waals surface area (Å²) in [5.41, 5.74) is 0.455. The molecule has 0 N–H and O–H groups in total. The molecule has 5 heteroatoms. The molecule has 2 heterocycles. The van der Waals surface area contributed by atoms with E-state index in [1.807, 2.05) is 4.90 Å². The Labute approximate surface area is 108 Å². The van der Waals surface area contributed by atoms with Crippen LogP contribution in [-0.4, -0.2) is 28.7 Å². The average molecular weight is 307 g/mol. The second-order valence-electron chi connectivity index (χ2n) is 4.14. The van der Waals surface area contributed by atoms with Gasteiger partial charge in [0.25, 0.3) is 5.91 Å². The summed E-state index contributed by atoms with van der Waals surface area (Å²) in [5.74, 6) is 0.555. The van der Waals surface area contributed by atoms with Gasteiger partial charge in [-0.1, -0.05) is 22.9 Å². The Morgan fingerprint density at radius 3 is 3.00 bits per heavy atom. The van der Waals surface area contributed by atoms with E-state index >= 15 is 0 Å². The molecular weight excluding hydrogens is 293 g/mol. The third-order valence-electron chi connectivity index (χ3n) is 3.00. The summed E-state index contributed by atoms with van der Waals surface area (Å²) in [5, 5.41) is 0.176. The number of likely N-dealkylation sites (tertiary alicyclic amines) is 1. The SMILES string of the molecule is CC1CCN(C(=O)c2ccoc2Cl)CC1Br. The van der Waals surface area contributed by atoms with Crippen molar-refractivity contribution in [3.05, 3.63) is 23.1 Å². The number of carbonyl (C=O) groups is 1. The van der Waals surface area contributed by atoms with Gasteiger partial charge in [0.2, 0.25) is 5.22 Å². The molecule has 16 heavy (non-hydrogen) atoms. The fraction of sp³-hybridized carbons (Fsp3) is 0.545. The summed E-state index contributed by atoms with van der Waals surface area (Å²) in [6, 6.07) is 1.62. The van der Waals surface area contributed by atoms with Crippen LogP contribution in [-0.2, 0) is 0 Å². The van der Waals surface area contributed by atoms with Gasteiger partial charge in [-0.25, -0.2) is 0 Å². The lowest BCUT2D eigenvalue weighted by atomic mass is 9.98. The van der Waals surface area contributed by atoms with E-state index in [9.17, 15) is 4.79 Å². The Morgan fingerprint density at radius 2 is 2.44 bits per heavy atom. The number of furan rings is 1. The number of halogens is 2. The Morgan fingerprint density at radius 1 is 1.69 bits per heavy atom. The highest BCUT2D eigenvalue weighted by molar-refractivity contribution is 9.09. The summed E-state index contributed by atoms with van der Waals surface area (Å²) in [6.45, 7) is 3.69.